The first-order chi connectivity index (χ1) is 11.2. The van der Waals surface area contributed by atoms with E-state index in [0.29, 0.717) is 18.1 Å². The van der Waals surface area contributed by atoms with Gasteiger partial charge in [0, 0.05) is 32.5 Å². The predicted octanol–water partition coefficient (Wildman–Crippen LogP) is 2.80. The maximum Gasteiger partial charge on any atom is 0.287 e. The fraction of sp³-hybridized carbons (Fsp3) is 0.375. The monoisotopic (exact) mass is 404 g/mol. The molecule has 6 nitrogen and oxygen atoms in total. The summed E-state index contributed by atoms with van der Waals surface area (Å²) in [7, 11) is 1.95. The molecule has 0 spiro atoms. The van der Waals surface area contributed by atoms with Crippen molar-refractivity contribution < 1.29 is 9.21 Å². The molecule has 25 heavy (non-hydrogen) atoms. The minimum absolute atomic E-state index is 0. The molecule has 1 amide bonds. The molecule has 9 heteroatoms. The second-order valence-corrected chi connectivity index (χ2v) is 6.32. The Kier molecular flexibility index (Phi) is 9.13. The van der Waals surface area contributed by atoms with E-state index in [1.165, 1.54) is 5.57 Å². The largest absolute Gasteiger partial charge is 0.455 e. The number of aromatic nitrogens is 2. The third-order valence-corrected chi connectivity index (χ3v) is 4.72. The van der Waals surface area contributed by atoms with Crippen molar-refractivity contribution in [2.45, 2.75) is 17.3 Å². The van der Waals surface area contributed by atoms with E-state index in [2.05, 4.69) is 21.7 Å². The smallest absolute Gasteiger partial charge is 0.287 e. The fourth-order valence-electron chi connectivity index (χ4n) is 2.32. The number of imidazole rings is 1. The van der Waals surface area contributed by atoms with E-state index < -0.39 is 0 Å². The van der Waals surface area contributed by atoms with Crippen molar-refractivity contribution in [2.75, 3.05) is 19.6 Å². The number of nitrogens with zero attached hydrogens (tertiary/aromatic N) is 2. The van der Waals surface area contributed by atoms with E-state index in [1.54, 1.807) is 24.0 Å². The molecular weight excluding hydrogens is 383 g/mol. The van der Waals surface area contributed by atoms with Crippen molar-refractivity contribution in [3.63, 3.8) is 0 Å². The molecule has 2 N–H and O–H groups in total. The normalized spacial score (nSPS) is 13.4. The number of hydrogen-bond acceptors (Lipinski definition) is 5. The summed E-state index contributed by atoms with van der Waals surface area (Å²) < 4.78 is 7.57. The Morgan fingerprint density at radius 2 is 2.28 bits per heavy atom. The molecule has 0 radical (unpaired) electrons. The van der Waals surface area contributed by atoms with Gasteiger partial charge < -0.3 is 19.6 Å². The van der Waals surface area contributed by atoms with Crippen LogP contribution in [0.25, 0.3) is 0 Å². The SMILES string of the molecule is Cl.Cl.Cn1ccnc1SCc1ccc(C(=O)NCC2=CCNCC2)o1. The first-order valence-electron chi connectivity index (χ1n) is 7.58. The third kappa shape index (κ3) is 6.11. The van der Waals surface area contributed by atoms with Crippen molar-refractivity contribution in [1.29, 1.82) is 0 Å². The number of thioether (sulfide) groups is 1. The molecule has 0 unspecified atom stereocenters. The van der Waals surface area contributed by atoms with Crippen molar-refractivity contribution >= 4 is 42.5 Å². The summed E-state index contributed by atoms with van der Waals surface area (Å²) >= 11 is 1.58. The van der Waals surface area contributed by atoms with E-state index >= 15 is 0 Å². The molecule has 1 aliphatic rings. The zero-order valence-corrected chi connectivity index (χ0v) is 16.3. The van der Waals surface area contributed by atoms with Gasteiger partial charge in [0.2, 0.25) is 0 Å². The lowest BCUT2D eigenvalue weighted by Crippen LogP contribution is -2.29. The van der Waals surface area contributed by atoms with Gasteiger partial charge in [-0.15, -0.1) is 24.8 Å². The van der Waals surface area contributed by atoms with Gasteiger partial charge >= 0.3 is 0 Å². The van der Waals surface area contributed by atoms with E-state index in [1.807, 2.05) is 23.9 Å². The van der Waals surface area contributed by atoms with Crippen molar-refractivity contribution in [3.05, 3.63) is 47.7 Å². The quantitative estimate of drug-likeness (QED) is 0.571. The van der Waals surface area contributed by atoms with Crippen LogP contribution in [0.5, 0.6) is 0 Å². The Balaban J connectivity index is 0.00000156. The number of amides is 1. The molecule has 0 bridgehead atoms. The molecule has 2 aromatic rings. The topological polar surface area (TPSA) is 72.1 Å². The van der Waals surface area contributed by atoms with Gasteiger partial charge in [-0.05, 0) is 25.1 Å². The Hall–Kier alpha value is -1.41. The fourth-order valence-corrected chi connectivity index (χ4v) is 3.14. The van der Waals surface area contributed by atoms with Gasteiger partial charge in [0.05, 0.1) is 5.75 Å². The summed E-state index contributed by atoms with van der Waals surface area (Å²) in [4.78, 5) is 16.4. The minimum atomic E-state index is -0.169. The van der Waals surface area contributed by atoms with Gasteiger partial charge in [0.25, 0.3) is 5.91 Å². The minimum Gasteiger partial charge on any atom is -0.455 e. The third-order valence-electron chi connectivity index (χ3n) is 3.64. The van der Waals surface area contributed by atoms with Gasteiger partial charge in [0.1, 0.15) is 5.76 Å². The lowest BCUT2D eigenvalue weighted by Gasteiger charge is -2.14. The molecule has 3 heterocycles. The Morgan fingerprint density at radius 3 is 2.96 bits per heavy atom. The van der Waals surface area contributed by atoms with Crippen LogP contribution in [-0.2, 0) is 12.8 Å². The lowest BCUT2D eigenvalue weighted by atomic mass is 10.1. The van der Waals surface area contributed by atoms with Crippen LogP contribution in [0.2, 0.25) is 0 Å². The average Bonchev–Trinajstić information content (AvgIpc) is 3.20. The average molecular weight is 405 g/mol. The van der Waals surface area contributed by atoms with Crippen LogP contribution in [0, 0.1) is 0 Å². The highest BCUT2D eigenvalue weighted by atomic mass is 35.5. The number of carbonyl (C=O) groups is 1. The van der Waals surface area contributed by atoms with Crippen LogP contribution in [0.15, 0.2) is 45.7 Å². The van der Waals surface area contributed by atoms with Crippen molar-refractivity contribution in [3.8, 4) is 0 Å². The predicted molar refractivity (Wildman–Crippen MR) is 104 cm³/mol. The maximum atomic E-state index is 12.1. The van der Waals surface area contributed by atoms with Gasteiger partial charge in [-0.3, -0.25) is 4.79 Å². The van der Waals surface area contributed by atoms with Gasteiger partial charge in [-0.25, -0.2) is 4.98 Å². The highest BCUT2D eigenvalue weighted by Crippen LogP contribution is 2.21. The van der Waals surface area contributed by atoms with Gasteiger partial charge in [-0.1, -0.05) is 23.4 Å². The van der Waals surface area contributed by atoms with Gasteiger partial charge in [-0.2, -0.15) is 0 Å². The summed E-state index contributed by atoms with van der Waals surface area (Å²) in [5, 5.41) is 7.08. The molecule has 0 atom stereocenters. The summed E-state index contributed by atoms with van der Waals surface area (Å²) in [6, 6.07) is 3.56. The second kappa shape index (κ2) is 10.6. The molecule has 138 valence electrons. The highest BCUT2D eigenvalue weighted by molar-refractivity contribution is 7.98. The summed E-state index contributed by atoms with van der Waals surface area (Å²) in [5.74, 6) is 1.60. The molecule has 0 fully saturated rings. The first kappa shape index (κ1) is 21.6. The van der Waals surface area contributed by atoms with Crippen molar-refractivity contribution in [2.24, 2.45) is 7.05 Å². The van der Waals surface area contributed by atoms with E-state index in [-0.39, 0.29) is 30.7 Å². The number of aryl methyl sites for hydroxylation is 1. The number of furan rings is 1. The molecule has 3 rings (SSSR count). The van der Waals surface area contributed by atoms with Crippen LogP contribution >= 0.6 is 36.6 Å². The number of carbonyl (C=O) groups excluding carboxylic acids is 1. The van der Waals surface area contributed by atoms with Crippen LogP contribution in [0.3, 0.4) is 0 Å². The Morgan fingerprint density at radius 1 is 1.44 bits per heavy atom. The Bertz CT molecular complexity index is 715. The number of hydrogen-bond donors (Lipinski definition) is 2. The lowest BCUT2D eigenvalue weighted by molar-refractivity contribution is 0.0927. The van der Waals surface area contributed by atoms with Crippen LogP contribution < -0.4 is 10.6 Å². The molecule has 0 aliphatic carbocycles. The number of halogens is 2. The number of rotatable bonds is 6. The van der Waals surface area contributed by atoms with E-state index in [0.717, 1.165) is 30.4 Å². The molecular formula is C16H22Cl2N4O2S. The zero-order valence-electron chi connectivity index (χ0n) is 13.9. The molecule has 2 aromatic heterocycles. The van der Waals surface area contributed by atoms with E-state index in [9.17, 15) is 4.79 Å². The summed E-state index contributed by atoms with van der Waals surface area (Å²) in [6.07, 6.45) is 6.77. The highest BCUT2D eigenvalue weighted by Gasteiger charge is 2.13. The number of nitrogens with one attached hydrogen (secondary N) is 2. The second-order valence-electron chi connectivity index (χ2n) is 5.37. The standard InChI is InChI=1S/C16H20N4O2S.2ClH/c1-20-9-8-18-16(20)23-11-13-2-3-14(22-13)15(21)19-10-12-4-6-17-7-5-12;;/h2-4,8-9,17H,5-7,10-11H2,1H3,(H,19,21);2*1H. The van der Waals surface area contributed by atoms with Gasteiger partial charge in [0.15, 0.2) is 10.9 Å². The summed E-state index contributed by atoms with van der Waals surface area (Å²) in [5.41, 5.74) is 1.26. The molecule has 0 aromatic carbocycles. The maximum absolute atomic E-state index is 12.1. The molecule has 0 saturated carbocycles. The zero-order chi connectivity index (χ0) is 16.1. The van der Waals surface area contributed by atoms with E-state index in [4.69, 9.17) is 4.42 Å². The molecule has 1 aliphatic heterocycles. The van der Waals surface area contributed by atoms with Crippen LogP contribution in [0.4, 0.5) is 0 Å². The molecule has 0 saturated heterocycles. The Labute approximate surface area is 163 Å². The first-order valence-corrected chi connectivity index (χ1v) is 8.56. The van der Waals surface area contributed by atoms with Crippen LogP contribution in [0.1, 0.15) is 22.7 Å². The van der Waals surface area contributed by atoms with Crippen LogP contribution in [-0.4, -0.2) is 35.1 Å². The summed E-state index contributed by atoms with van der Waals surface area (Å²) in [6.45, 7) is 2.43. The van der Waals surface area contributed by atoms with Crippen molar-refractivity contribution in [1.82, 2.24) is 20.2 Å².